The minimum atomic E-state index is 1.05. The molecule has 1 heterocycles. The number of rotatable bonds is 2. The Morgan fingerprint density at radius 3 is 2.58 bits per heavy atom. The summed E-state index contributed by atoms with van der Waals surface area (Å²) in [5, 5.41) is 4.35. The number of aromatic nitrogens is 1. The molecule has 0 saturated heterocycles. The first-order chi connectivity index (χ1) is 9.26. The van der Waals surface area contributed by atoms with Crippen LogP contribution >= 0.6 is 0 Å². The topological polar surface area (TPSA) is 24.9 Å². The Morgan fingerprint density at radius 1 is 0.895 bits per heavy atom. The molecule has 0 unspecified atom stereocenters. The van der Waals surface area contributed by atoms with Crippen molar-refractivity contribution >= 4 is 16.6 Å². The molecule has 0 fully saturated rings. The lowest BCUT2D eigenvalue weighted by Crippen LogP contribution is -1.88. The summed E-state index contributed by atoms with van der Waals surface area (Å²) in [5.74, 6) is 0. The monoisotopic (exact) mass is 248 g/mol. The van der Waals surface area contributed by atoms with Crippen molar-refractivity contribution in [3.05, 3.63) is 60.3 Å². The zero-order valence-corrected chi connectivity index (χ0v) is 11.1. The van der Waals surface area contributed by atoms with Crippen LogP contribution in [-0.4, -0.2) is 12.0 Å². The van der Waals surface area contributed by atoms with Gasteiger partial charge < -0.3 is 5.32 Å². The van der Waals surface area contributed by atoms with Crippen LogP contribution in [0.3, 0.4) is 0 Å². The number of pyridine rings is 1. The molecule has 0 spiro atoms. The van der Waals surface area contributed by atoms with E-state index in [1.54, 1.807) is 0 Å². The Balaban J connectivity index is 2.12. The Kier molecular flexibility index (Phi) is 2.92. The fourth-order valence-electron chi connectivity index (χ4n) is 2.26. The molecule has 0 aliphatic carbocycles. The maximum Gasteiger partial charge on any atom is 0.0705 e. The van der Waals surface area contributed by atoms with Gasteiger partial charge in [0.05, 0.1) is 5.52 Å². The van der Waals surface area contributed by atoms with E-state index in [0.29, 0.717) is 0 Å². The first kappa shape index (κ1) is 11.7. The van der Waals surface area contributed by atoms with Crippen LogP contribution in [0.1, 0.15) is 5.69 Å². The highest BCUT2D eigenvalue weighted by atomic mass is 14.8. The molecule has 0 atom stereocenters. The smallest absolute Gasteiger partial charge is 0.0705 e. The van der Waals surface area contributed by atoms with Crippen molar-refractivity contribution in [2.24, 2.45) is 0 Å². The molecule has 94 valence electrons. The van der Waals surface area contributed by atoms with Gasteiger partial charge in [-0.05, 0) is 48.4 Å². The van der Waals surface area contributed by atoms with Crippen LogP contribution in [0.25, 0.3) is 22.0 Å². The van der Waals surface area contributed by atoms with Crippen LogP contribution < -0.4 is 5.32 Å². The number of fused-ring (bicyclic) bond motifs is 1. The minimum absolute atomic E-state index is 1.05. The van der Waals surface area contributed by atoms with Gasteiger partial charge in [0.15, 0.2) is 0 Å². The largest absolute Gasteiger partial charge is 0.388 e. The fourth-order valence-corrected chi connectivity index (χ4v) is 2.26. The van der Waals surface area contributed by atoms with Crippen molar-refractivity contribution in [3.63, 3.8) is 0 Å². The van der Waals surface area contributed by atoms with Gasteiger partial charge in [0.2, 0.25) is 0 Å². The van der Waals surface area contributed by atoms with Gasteiger partial charge in [0, 0.05) is 23.8 Å². The molecule has 0 amide bonds. The van der Waals surface area contributed by atoms with Crippen LogP contribution in [0.15, 0.2) is 54.6 Å². The van der Waals surface area contributed by atoms with Gasteiger partial charge in [0.25, 0.3) is 0 Å². The molecule has 0 saturated carbocycles. The van der Waals surface area contributed by atoms with E-state index >= 15 is 0 Å². The normalized spacial score (nSPS) is 10.6. The van der Waals surface area contributed by atoms with Crippen molar-refractivity contribution in [1.82, 2.24) is 4.98 Å². The zero-order valence-electron chi connectivity index (χ0n) is 11.1. The van der Waals surface area contributed by atoms with E-state index in [1.807, 2.05) is 14.0 Å². The second-order valence-corrected chi connectivity index (χ2v) is 4.69. The van der Waals surface area contributed by atoms with Gasteiger partial charge in [-0.15, -0.1) is 0 Å². The molecular formula is C17H16N2. The summed E-state index contributed by atoms with van der Waals surface area (Å²) in [7, 11) is 1.94. The lowest BCUT2D eigenvalue weighted by atomic mass is 10.0. The van der Waals surface area contributed by atoms with E-state index in [-0.39, 0.29) is 0 Å². The van der Waals surface area contributed by atoms with Gasteiger partial charge in [-0.25, -0.2) is 0 Å². The standard InChI is InChI=1S/C17H16N2/c1-12-6-7-15-10-14(8-9-17(15)19-12)13-4-3-5-16(11-13)18-2/h3-11,18H,1-2H3. The third-order valence-electron chi connectivity index (χ3n) is 3.31. The van der Waals surface area contributed by atoms with Gasteiger partial charge >= 0.3 is 0 Å². The zero-order chi connectivity index (χ0) is 13.2. The van der Waals surface area contributed by atoms with Crippen molar-refractivity contribution < 1.29 is 0 Å². The predicted molar refractivity (Wildman–Crippen MR) is 81.5 cm³/mol. The number of hydrogen-bond donors (Lipinski definition) is 1. The number of nitrogens with one attached hydrogen (secondary N) is 1. The van der Waals surface area contributed by atoms with Crippen LogP contribution in [0.2, 0.25) is 0 Å². The van der Waals surface area contributed by atoms with E-state index in [4.69, 9.17) is 0 Å². The average Bonchev–Trinajstić information content (AvgIpc) is 2.46. The van der Waals surface area contributed by atoms with E-state index in [2.05, 4.69) is 64.9 Å². The summed E-state index contributed by atoms with van der Waals surface area (Å²) < 4.78 is 0. The molecule has 3 aromatic rings. The molecule has 0 bridgehead atoms. The van der Waals surface area contributed by atoms with Crippen LogP contribution in [0.4, 0.5) is 5.69 Å². The number of hydrogen-bond acceptors (Lipinski definition) is 2. The molecule has 1 N–H and O–H groups in total. The molecule has 0 radical (unpaired) electrons. The maximum absolute atomic E-state index is 4.53. The first-order valence-electron chi connectivity index (χ1n) is 6.42. The quantitative estimate of drug-likeness (QED) is 0.733. The number of aryl methyl sites for hydroxylation is 1. The molecule has 3 rings (SSSR count). The number of nitrogens with zero attached hydrogens (tertiary/aromatic N) is 1. The minimum Gasteiger partial charge on any atom is -0.388 e. The molecule has 2 nitrogen and oxygen atoms in total. The molecule has 2 heteroatoms. The Hall–Kier alpha value is -2.35. The van der Waals surface area contributed by atoms with E-state index < -0.39 is 0 Å². The third-order valence-corrected chi connectivity index (χ3v) is 3.31. The predicted octanol–water partition coefficient (Wildman–Crippen LogP) is 4.25. The van der Waals surface area contributed by atoms with Gasteiger partial charge in [0.1, 0.15) is 0 Å². The highest BCUT2D eigenvalue weighted by Crippen LogP contribution is 2.25. The van der Waals surface area contributed by atoms with Crippen LogP contribution in [0, 0.1) is 6.92 Å². The van der Waals surface area contributed by atoms with E-state index in [9.17, 15) is 0 Å². The van der Waals surface area contributed by atoms with E-state index in [0.717, 1.165) is 16.9 Å². The summed E-state index contributed by atoms with van der Waals surface area (Å²) in [6.07, 6.45) is 0. The third kappa shape index (κ3) is 2.29. The first-order valence-corrected chi connectivity index (χ1v) is 6.42. The Labute approximate surface area is 113 Å². The van der Waals surface area contributed by atoms with Gasteiger partial charge in [-0.2, -0.15) is 0 Å². The summed E-state index contributed by atoms with van der Waals surface area (Å²) in [6, 6.07) is 19.0. The fraction of sp³-hybridized carbons (Fsp3) is 0.118. The summed E-state index contributed by atoms with van der Waals surface area (Å²) in [4.78, 5) is 4.53. The second kappa shape index (κ2) is 4.73. The van der Waals surface area contributed by atoms with Crippen molar-refractivity contribution in [3.8, 4) is 11.1 Å². The summed E-state index contributed by atoms with van der Waals surface area (Å²) in [6.45, 7) is 2.02. The maximum atomic E-state index is 4.53. The second-order valence-electron chi connectivity index (χ2n) is 4.69. The van der Waals surface area contributed by atoms with E-state index in [1.165, 1.54) is 16.5 Å². The summed E-state index contributed by atoms with van der Waals surface area (Å²) >= 11 is 0. The van der Waals surface area contributed by atoms with Crippen molar-refractivity contribution in [2.45, 2.75) is 6.92 Å². The molecule has 0 aliphatic heterocycles. The van der Waals surface area contributed by atoms with Gasteiger partial charge in [-0.1, -0.05) is 24.3 Å². The molecule has 19 heavy (non-hydrogen) atoms. The lowest BCUT2D eigenvalue weighted by Gasteiger charge is -2.06. The van der Waals surface area contributed by atoms with Crippen molar-refractivity contribution in [2.75, 3.05) is 12.4 Å². The van der Waals surface area contributed by atoms with Gasteiger partial charge in [-0.3, -0.25) is 4.98 Å². The highest BCUT2D eigenvalue weighted by Gasteiger charge is 2.01. The van der Waals surface area contributed by atoms with Crippen LogP contribution in [0.5, 0.6) is 0 Å². The van der Waals surface area contributed by atoms with Crippen molar-refractivity contribution in [1.29, 1.82) is 0 Å². The molecule has 1 aromatic heterocycles. The van der Waals surface area contributed by atoms with Crippen LogP contribution in [-0.2, 0) is 0 Å². The average molecular weight is 248 g/mol. The SMILES string of the molecule is CNc1cccc(-c2ccc3nc(C)ccc3c2)c1. The lowest BCUT2D eigenvalue weighted by molar-refractivity contribution is 1.26. The number of benzene rings is 2. The molecule has 0 aliphatic rings. The summed E-state index contributed by atoms with van der Waals surface area (Å²) in [5.41, 5.74) is 5.66. The Morgan fingerprint density at radius 2 is 1.74 bits per heavy atom. The Bertz CT molecular complexity index is 732. The molecular weight excluding hydrogens is 232 g/mol. The highest BCUT2D eigenvalue weighted by molar-refractivity contribution is 5.85. The molecule has 2 aromatic carbocycles. The number of anilines is 1.